The normalized spacial score (nSPS) is 10.5. The molecule has 0 saturated heterocycles. The minimum absolute atomic E-state index is 0.134. The minimum atomic E-state index is -0.399. The Morgan fingerprint density at radius 3 is 2.28 bits per heavy atom. The maximum atomic E-state index is 13.3. The number of hydrogen-bond donors (Lipinski definition) is 2. The van der Waals surface area contributed by atoms with E-state index >= 15 is 0 Å². The molecule has 0 atom stereocenters. The van der Waals surface area contributed by atoms with Gasteiger partial charge in [0.25, 0.3) is 0 Å². The first-order valence-electron chi connectivity index (χ1n) is 12.8. The Balaban J connectivity index is 1.54. The molecule has 3 aromatic carbocycles. The lowest BCUT2D eigenvalue weighted by Crippen LogP contribution is -2.41. The maximum absolute atomic E-state index is 13.3. The predicted octanol–water partition coefficient (Wildman–Crippen LogP) is 5.83. The number of aromatic nitrogens is 2. The molecule has 9 nitrogen and oxygen atoms in total. The third kappa shape index (κ3) is 6.95. The largest absolute Gasteiger partial charge is 0.497 e. The number of ether oxygens (including phenoxy) is 2. The molecule has 0 fully saturated rings. The average Bonchev–Trinajstić information content (AvgIpc) is 3.39. The standard InChI is InChI=1S/C30H33N5O4/c1-4-5-18-34(30(37)31-25-17-16-24(38-2)19-27(25)39-3)21-29(36)32-28-20-26(22-12-8-6-9-13-22)33-35(28)23-14-10-7-11-15-23/h6-17,19-20H,4-5,18,21H2,1-3H3,(H,31,37)(H,32,36). The van der Waals surface area contributed by atoms with Crippen LogP contribution in [0.15, 0.2) is 84.9 Å². The summed E-state index contributed by atoms with van der Waals surface area (Å²) < 4.78 is 12.3. The van der Waals surface area contributed by atoms with E-state index in [1.165, 1.54) is 12.0 Å². The van der Waals surface area contributed by atoms with Gasteiger partial charge in [0, 0.05) is 24.2 Å². The maximum Gasteiger partial charge on any atom is 0.322 e. The lowest BCUT2D eigenvalue weighted by molar-refractivity contribution is -0.116. The highest BCUT2D eigenvalue weighted by Crippen LogP contribution is 2.29. The van der Waals surface area contributed by atoms with Crippen LogP contribution < -0.4 is 20.1 Å². The van der Waals surface area contributed by atoms with Crippen molar-refractivity contribution in [2.45, 2.75) is 19.8 Å². The lowest BCUT2D eigenvalue weighted by atomic mass is 10.1. The van der Waals surface area contributed by atoms with Crippen LogP contribution >= 0.6 is 0 Å². The number of amides is 3. The summed E-state index contributed by atoms with van der Waals surface area (Å²) in [5, 5.41) is 10.6. The summed E-state index contributed by atoms with van der Waals surface area (Å²) >= 11 is 0. The molecule has 1 heterocycles. The van der Waals surface area contributed by atoms with Gasteiger partial charge in [0.1, 0.15) is 23.9 Å². The Bertz CT molecular complexity index is 1390. The van der Waals surface area contributed by atoms with E-state index in [1.807, 2.05) is 73.7 Å². The van der Waals surface area contributed by atoms with Crippen LogP contribution in [-0.4, -0.2) is 53.9 Å². The van der Waals surface area contributed by atoms with Crippen molar-refractivity contribution in [3.63, 3.8) is 0 Å². The van der Waals surface area contributed by atoms with Gasteiger partial charge in [-0.25, -0.2) is 9.48 Å². The number of unbranched alkanes of at least 4 members (excludes halogenated alkanes) is 1. The van der Waals surface area contributed by atoms with E-state index in [-0.39, 0.29) is 12.5 Å². The Kier molecular flexibility index (Phi) is 9.18. The van der Waals surface area contributed by atoms with E-state index < -0.39 is 6.03 Å². The summed E-state index contributed by atoms with van der Waals surface area (Å²) in [5.41, 5.74) is 2.95. The molecule has 0 spiro atoms. The number of carbonyl (C=O) groups excluding carboxylic acids is 2. The molecule has 4 rings (SSSR count). The molecule has 0 aliphatic rings. The summed E-state index contributed by atoms with van der Waals surface area (Å²) in [6.45, 7) is 2.32. The predicted molar refractivity (Wildman–Crippen MR) is 153 cm³/mol. The van der Waals surface area contributed by atoms with Crippen molar-refractivity contribution in [3.8, 4) is 28.4 Å². The number of nitrogens with one attached hydrogen (secondary N) is 2. The number of hydrogen-bond acceptors (Lipinski definition) is 5. The van der Waals surface area contributed by atoms with Gasteiger partial charge in [0.05, 0.1) is 31.3 Å². The van der Waals surface area contributed by atoms with Crippen molar-refractivity contribution in [3.05, 3.63) is 84.9 Å². The number of benzene rings is 3. The molecular weight excluding hydrogens is 494 g/mol. The molecule has 0 aliphatic carbocycles. The Morgan fingerprint density at radius 2 is 1.62 bits per heavy atom. The van der Waals surface area contributed by atoms with Gasteiger partial charge in [-0.2, -0.15) is 5.10 Å². The molecule has 0 saturated carbocycles. The van der Waals surface area contributed by atoms with Gasteiger partial charge in [0.2, 0.25) is 5.91 Å². The van der Waals surface area contributed by atoms with E-state index in [1.54, 1.807) is 30.0 Å². The number of urea groups is 1. The number of carbonyl (C=O) groups is 2. The van der Waals surface area contributed by atoms with Crippen LogP contribution in [0.4, 0.5) is 16.3 Å². The van der Waals surface area contributed by atoms with E-state index in [0.29, 0.717) is 29.5 Å². The number of methoxy groups -OCH3 is 2. The lowest BCUT2D eigenvalue weighted by Gasteiger charge is -2.23. The quantitative estimate of drug-likeness (QED) is 0.256. The van der Waals surface area contributed by atoms with Gasteiger partial charge in [-0.1, -0.05) is 61.9 Å². The van der Waals surface area contributed by atoms with E-state index in [9.17, 15) is 9.59 Å². The van der Waals surface area contributed by atoms with Crippen molar-refractivity contribution in [1.29, 1.82) is 0 Å². The smallest absolute Gasteiger partial charge is 0.322 e. The third-order valence-corrected chi connectivity index (χ3v) is 6.10. The third-order valence-electron chi connectivity index (χ3n) is 6.10. The van der Waals surface area contributed by atoms with Gasteiger partial charge in [0.15, 0.2) is 0 Å². The van der Waals surface area contributed by atoms with Gasteiger partial charge >= 0.3 is 6.03 Å². The second kappa shape index (κ2) is 13.1. The second-order valence-electron chi connectivity index (χ2n) is 8.85. The van der Waals surface area contributed by atoms with Gasteiger partial charge in [-0.05, 0) is 30.7 Å². The van der Waals surface area contributed by atoms with Gasteiger partial charge in [-0.15, -0.1) is 0 Å². The van der Waals surface area contributed by atoms with Crippen LogP contribution in [0, 0.1) is 0 Å². The zero-order valence-electron chi connectivity index (χ0n) is 22.4. The van der Waals surface area contributed by atoms with Crippen molar-refractivity contribution in [2.75, 3.05) is 37.9 Å². The summed E-state index contributed by atoms with van der Waals surface area (Å²) in [4.78, 5) is 28.0. The molecule has 39 heavy (non-hydrogen) atoms. The highest BCUT2D eigenvalue weighted by molar-refractivity contribution is 5.97. The van der Waals surface area contributed by atoms with Crippen molar-refractivity contribution < 1.29 is 19.1 Å². The number of para-hydroxylation sites is 1. The SMILES string of the molecule is CCCCN(CC(=O)Nc1cc(-c2ccccc2)nn1-c1ccccc1)C(=O)Nc1ccc(OC)cc1OC. The topological polar surface area (TPSA) is 97.7 Å². The molecule has 0 unspecified atom stereocenters. The molecule has 1 aromatic heterocycles. The highest BCUT2D eigenvalue weighted by atomic mass is 16.5. The molecule has 4 aromatic rings. The molecule has 0 radical (unpaired) electrons. The van der Waals surface area contributed by atoms with Crippen LogP contribution in [0.25, 0.3) is 16.9 Å². The number of nitrogens with zero attached hydrogens (tertiary/aromatic N) is 3. The Labute approximate surface area is 228 Å². The monoisotopic (exact) mass is 527 g/mol. The van der Waals surface area contributed by atoms with Crippen LogP contribution in [0.5, 0.6) is 11.5 Å². The Hall–Kier alpha value is -4.79. The molecule has 9 heteroatoms. The first-order chi connectivity index (χ1) is 19.0. The molecular formula is C30H33N5O4. The van der Waals surface area contributed by atoms with E-state index in [4.69, 9.17) is 14.6 Å². The van der Waals surface area contributed by atoms with E-state index in [0.717, 1.165) is 29.8 Å². The molecule has 2 N–H and O–H groups in total. The molecule has 0 aliphatic heterocycles. The van der Waals surface area contributed by atoms with Gasteiger partial charge < -0.3 is 25.0 Å². The van der Waals surface area contributed by atoms with Crippen LogP contribution in [-0.2, 0) is 4.79 Å². The highest BCUT2D eigenvalue weighted by Gasteiger charge is 2.20. The Morgan fingerprint density at radius 1 is 0.897 bits per heavy atom. The average molecular weight is 528 g/mol. The van der Waals surface area contributed by atoms with Crippen LogP contribution in [0.2, 0.25) is 0 Å². The van der Waals surface area contributed by atoms with Crippen molar-refractivity contribution >= 4 is 23.4 Å². The zero-order valence-corrected chi connectivity index (χ0v) is 22.4. The zero-order chi connectivity index (χ0) is 27.6. The van der Waals surface area contributed by atoms with Crippen LogP contribution in [0.1, 0.15) is 19.8 Å². The first kappa shape index (κ1) is 27.3. The van der Waals surface area contributed by atoms with Crippen molar-refractivity contribution in [1.82, 2.24) is 14.7 Å². The fourth-order valence-corrected chi connectivity index (χ4v) is 4.04. The molecule has 0 bridgehead atoms. The summed E-state index contributed by atoms with van der Waals surface area (Å²) in [6, 6.07) is 25.9. The van der Waals surface area contributed by atoms with Crippen molar-refractivity contribution in [2.24, 2.45) is 0 Å². The summed E-state index contributed by atoms with van der Waals surface area (Å²) in [5.74, 6) is 1.25. The van der Waals surface area contributed by atoms with Crippen LogP contribution in [0.3, 0.4) is 0 Å². The first-order valence-corrected chi connectivity index (χ1v) is 12.8. The second-order valence-corrected chi connectivity index (χ2v) is 8.85. The van der Waals surface area contributed by atoms with Gasteiger partial charge in [-0.3, -0.25) is 4.79 Å². The fraction of sp³-hybridized carbons (Fsp3) is 0.233. The summed E-state index contributed by atoms with van der Waals surface area (Å²) in [6.07, 6.45) is 1.62. The molecule has 202 valence electrons. The fourth-order valence-electron chi connectivity index (χ4n) is 4.04. The molecule has 3 amide bonds. The number of rotatable bonds is 11. The minimum Gasteiger partial charge on any atom is -0.497 e. The number of anilines is 2. The summed E-state index contributed by atoms with van der Waals surface area (Å²) in [7, 11) is 3.08. The van der Waals surface area contributed by atoms with E-state index in [2.05, 4.69) is 10.6 Å².